The van der Waals surface area contributed by atoms with Crippen molar-refractivity contribution in [2.45, 2.75) is 6.43 Å². The Morgan fingerprint density at radius 2 is 2.00 bits per heavy atom. The van der Waals surface area contributed by atoms with Gasteiger partial charge in [-0.25, -0.2) is 18.7 Å². The van der Waals surface area contributed by atoms with Crippen LogP contribution in [0.5, 0.6) is 6.01 Å². The molecule has 0 aliphatic carbocycles. The maximum Gasteiger partial charge on any atom is 0.316 e. The summed E-state index contributed by atoms with van der Waals surface area (Å²) in [7, 11) is 0. The molecule has 3 nitrogen and oxygen atoms in total. The van der Waals surface area contributed by atoms with Crippen LogP contribution in [0.1, 0.15) is 0 Å². The summed E-state index contributed by atoms with van der Waals surface area (Å²) in [4.78, 5) is 7.35. The van der Waals surface area contributed by atoms with Gasteiger partial charge in [-0.05, 0) is 22.6 Å². The molecule has 0 aliphatic heterocycles. The van der Waals surface area contributed by atoms with Crippen molar-refractivity contribution >= 4 is 22.6 Å². The van der Waals surface area contributed by atoms with Gasteiger partial charge in [0.15, 0.2) is 6.61 Å². The van der Waals surface area contributed by atoms with Gasteiger partial charge in [0.05, 0.1) is 0 Å². The predicted molar refractivity (Wildman–Crippen MR) is 46.2 cm³/mol. The second-order valence-electron chi connectivity index (χ2n) is 1.89. The number of hydrogen-bond acceptors (Lipinski definition) is 3. The van der Waals surface area contributed by atoms with Gasteiger partial charge in [0.25, 0.3) is 6.43 Å². The third-order valence-corrected chi connectivity index (χ3v) is 1.49. The topological polar surface area (TPSA) is 35.0 Å². The fourth-order valence-electron chi connectivity index (χ4n) is 0.513. The van der Waals surface area contributed by atoms with Crippen molar-refractivity contribution in [3.8, 4) is 6.01 Å². The lowest BCUT2D eigenvalue weighted by atomic mass is 10.7. The highest BCUT2D eigenvalue weighted by atomic mass is 127. The third-order valence-electron chi connectivity index (χ3n) is 0.935. The minimum absolute atomic E-state index is 0.0179. The molecule has 0 saturated heterocycles. The van der Waals surface area contributed by atoms with Crippen LogP contribution < -0.4 is 4.74 Å². The summed E-state index contributed by atoms with van der Waals surface area (Å²) in [5.74, 6) is 0. The minimum atomic E-state index is -2.49. The highest BCUT2D eigenvalue weighted by Crippen LogP contribution is 2.05. The van der Waals surface area contributed by atoms with Crippen molar-refractivity contribution in [3.05, 3.63) is 16.0 Å². The van der Waals surface area contributed by atoms with Crippen LogP contribution in [0.25, 0.3) is 0 Å². The van der Waals surface area contributed by atoms with Gasteiger partial charge >= 0.3 is 6.01 Å². The lowest BCUT2D eigenvalue weighted by Crippen LogP contribution is -2.08. The molecule has 0 spiro atoms. The molecular formula is C6H5F2IN2O. The van der Waals surface area contributed by atoms with Crippen molar-refractivity contribution < 1.29 is 13.5 Å². The lowest BCUT2D eigenvalue weighted by molar-refractivity contribution is 0.0770. The van der Waals surface area contributed by atoms with Crippen molar-refractivity contribution in [2.75, 3.05) is 6.61 Å². The monoisotopic (exact) mass is 286 g/mol. The van der Waals surface area contributed by atoms with E-state index in [1.165, 1.54) is 12.4 Å². The summed E-state index contributed by atoms with van der Waals surface area (Å²) in [5, 5.41) is 0. The zero-order valence-electron chi connectivity index (χ0n) is 5.88. The lowest BCUT2D eigenvalue weighted by Gasteiger charge is -2.01. The van der Waals surface area contributed by atoms with Crippen molar-refractivity contribution in [2.24, 2.45) is 0 Å². The first kappa shape index (κ1) is 9.56. The molecule has 0 atom stereocenters. The summed E-state index contributed by atoms with van der Waals surface area (Å²) < 4.78 is 28.6. The highest BCUT2D eigenvalue weighted by molar-refractivity contribution is 14.1. The molecule has 1 rings (SSSR count). The molecule has 0 aliphatic rings. The number of nitrogens with zero attached hydrogens (tertiary/aromatic N) is 2. The smallest absolute Gasteiger partial charge is 0.316 e. The van der Waals surface area contributed by atoms with E-state index < -0.39 is 13.0 Å². The van der Waals surface area contributed by atoms with Gasteiger partial charge in [-0.3, -0.25) is 0 Å². The van der Waals surface area contributed by atoms with E-state index in [-0.39, 0.29) is 6.01 Å². The van der Waals surface area contributed by atoms with Crippen molar-refractivity contribution in [3.63, 3.8) is 0 Å². The number of ether oxygens (including phenoxy) is 1. The second kappa shape index (κ2) is 4.48. The van der Waals surface area contributed by atoms with Gasteiger partial charge in [0.1, 0.15) is 0 Å². The van der Waals surface area contributed by atoms with Crippen LogP contribution in [0.3, 0.4) is 0 Å². The van der Waals surface area contributed by atoms with Crippen LogP contribution in [0, 0.1) is 3.57 Å². The Labute approximate surface area is 81.3 Å². The molecular weight excluding hydrogens is 281 g/mol. The van der Waals surface area contributed by atoms with Crippen LogP contribution >= 0.6 is 22.6 Å². The minimum Gasteiger partial charge on any atom is -0.457 e. The molecule has 1 aromatic rings. The van der Waals surface area contributed by atoms with Crippen molar-refractivity contribution in [1.82, 2.24) is 9.97 Å². The molecule has 12 heavy (non-hydrogen) atoms. The first-order valence-electron chi connectivity index (χ1n) is 3.07. The van der Waals surface area contributed by atoms with Gasteiger partial charge in [-0.2, -0.15) is 0 Å². The quantitative estimate of drug-likeness (QED) is 0.794. The Morgan fingerprint density at radius 1 is 1.42 bits per heavy atom. The fraction of sp³-hybridized carbons (Fsp3) is 0.333. The van der Waals surface area contributed by atoms with Crippen LogP contribution in [0.2, 0.25) is 0 Å². The van der Waals surface area contributed by atoms with Gasteiger partial charge in [0, 0.05) is 16.0 Å². The van der Waals surface area contributed by atoms with E-state index in [1.54, 1.807) is 0 Å². The summed E-state index contributed by atoms with van der Waals surface area (Å²) in [6.07, 6.45) is 0.496. The average Bonchev–Trinajstić information content (AvgIpc) is 2.03. The summed E-state index contributed by atoms with van der Waals surface area (Å²) in [6, 6.07) is -0.0179. The Balaban J connectivity index is 2.48. The third kappa shape index (κ3) is 3.24. The van der Waals surface area contributed by atoms with Crippen LogP contribution in [-0.4, -0.2) is 23.0 Å². The molecule has 0 saturated carbocycles. The molecule has 1 heterocycles. The molecule has 0 radical (unpaired) electrons. The Hall–Kier alpha value is -0.530. The summed E-state index contributed by atoms with van der Waals surface area (Å²) in [6.45, 7) is -0.666. The van der Waals surface area contributed by atoms with E-state index in [4.69, 9.17) is 0 Å². The van der Waals surface area contributed by atoms with E-state index in [9.17, 15) is 8.78 Å². The molecule has 6 heteroatoms. The molecule has 0 unspecified atom stereocenters. The second-order valence-corrected chi connectivity index (χ2v) is 3.13. The normalized spacial score (nSPS) is 10.3. The van der Waals surface area contributed by atoms with Gasteiger partial charge < -0.3 is 4.74 Å². The molecule has 0 bridgehead atoms. The summed E-state index contributed by atoms with van der Waals surface area (Å²) >= 11 is 2.01. The highest BCUT2D eigenvalue weighted by Gasteiger charge is 2.04. The SMILES string of the molecule is FC(F)COc1ncc(I)cn1. The molecule has 0 fully saturated rings. The zero-order chi connectivity index (χ0) is 8.97. The van der Waals surface area contributed by atoms with Crippen LogP contribution in [0.4, 0.5) is 8.78 Å². The average molecular weight is 286 g/mol. The van der Waals surface area contributed by atoms with E-state index in [0.717, 1.165) is 3.57 Å². The Morgan fingerprint density at radius 3 is 2.50 bits per heavy atom. The number of halogens is 3. The Kier molecular flexibility index (Phi) is 3.57. The largest absolute Gasteiger partial charge is 0.457 e. The number of aromatic nitrogens is 2. The first-order chi connectivity index (χ1) is 5.68. The van der Waals surface area contributed by atoms with Gasteiger partial charge in [-0.1, -0.05) is 0 Å². The number of alkyl halides is 2. The molecule has 66 valence electrons. The van der Waals surface area contributed by atoms with E-state index in [0.29, 0.717) is 0 Å². The maximum absolute atomic E-state index is 11.6. The molecule has 1 aromatic heterocycles. The van der Waals surface area contributed by atoms with E-state index >= 15 is 0 Å². The van der Waals surface area contributed by atoms with Crippen LogP contribution in [0.15, 0.2) is 12.4 Å². The summed E-state index contributed by atoms with van der Waals surface area (Å²) in [5.41, 5.74) is 0. The number of rotatable bonds is 3. The van der Waals surface area contributed by atoms with Gasteiger partial charge in [0.2, 0.25) is 0 Å². The molecule has 0 N–H and O–H groups in total. The Bertz CT molecular complexity index is 242. The molecule has 0 amide bonds. The first-order valence-corrected chi connectivity index (χ1v) is 4.15. The predicted octanol–water partition coefficient (Wildman–Crippen LogP) is 1.73. The van der Waals surface area contributed by atoms with E-state index in [1.807, 2.05) is 22.6 Å². The van der Waals surface area contributed by atoms with Crippen molar-refractivity contribution in [1.29, 1.82) is 0 Å². The van der Waals surface area contributed by atoms with Gasteiger partial charge in [-0.15, -0.1) is 0 Å². The standard InChI is InChI=1S/C6H5F2IN2O/c7-5(8)3-12-6-10-1-4(9)2-11-6/h1-2,5H,3H2. The molecule has 0 aromatic carbocycles. The van der Waals surface area contributed by atoms with E-state index in [2.05, 4.69) is 14.7 Å². The van der Waals surface area contributed by atoms with Crippen LogP contribution in [-0.2, 0) is 0 Å². The zero-order valence-corrected chi connectivity index (χ0v) is 8.03. The fourth-order valence-corrected chi connectivity index (χ4v) is 0.791. The number of hydrogen-bond donors (Lipinski definition) is 0. The maximum atomic E-state index is 11.6.